The molecule has 8 heteroatoms. The van der Waals surface area contributed by atoms with Crippen molar-refractivity contribution in [1.29, 1.82) is 0 Å². The highest BCUT2D eigenvalue weighted by Crippen LogP contribution is 2.54. The highest BCUT2D eigenvalue weighted by Gasteiger charge is 2.41. The molecule has 0 aliphatic carbocycles. The number of amides is 1. The van der Waals surface area contributed by atoms with E-state index in [1.807, 2.05) is 18.5 Å². The first-order chi connectivity index (χ1) is 12.6. The standard InChI is InChI=1S/C19H40N3O4P/c1-8-10-11-12-17(3)26-27(24,20(6)7)22-15-13-21(14-16-22)18(23)19(4,5)25-9-2/h17H,8-16H2,1-7H3. The lowest BCUT2D eigenvalue weighted by Crippen LogP contribution is -2.54. The zero-order valence-corrected chi connectivity index (χ0v) is 19.3. The van der Waals surface area contributed by atoms with Gasteiger partial charge in [0.05, 0.1) is 6.10 Å². The number of ether oxygens (including phenoxy) is 1. The molecule has 1 rings (SSSR count). The van der Waals surface area contributed by atoms with Crippen LogP contribution in [0.1, 0.15) is 60.3 Å². The van der Waals surface area contributed by atoms with Crippen LogP contribution in [0.2, 0.25) is 0 Å². The molecule has 0 aromatic rings. The van der Waals surface area contributed by atoms with Crippen molar-refractivity contribution in [2.45, 2.75) is 72.0 Å². The van der Waals surface area contributed by atoms with Crippen molar-refractivity contribution >= 4 is 13.6 Å². The number of carbonyl (C=O) groups is 1. The molecular weight excluding hydrogens is 365 g/mol. The quantitative estimate of drug-likeness (QED) is 0.387. The highest BCUT2D eigenvalue weighted by molar-refractivity contribution is 7.53. The van der Waals surface area contributed by atoms with Gasteiger partial charge in [0.1, 0.15) is 5.60 Å². The van der Waals surface area contributed by atoms with E-state index in [9.17, 15) is 9.36 Å². The number of rotatable bonds is 11. The largest absolute Gasteiger partial charge is 0.366 e. The minimum absolute atomic E-state index is 0.0162. The Morgan fingerprint density at radius 1 is 1.15 bits per heavy atom. The minimum atomic E-state index is -3.08. The molecule has 0 bridgehead atoms. The SMILES string of the molecule is CCCCCC(C)OP(=O)(N(C)C)N1CCN(C(=O)C(C)(C)OCC)CC1. The Morgan fingerprint density at radius 2 is 1.74 bits per heavy atom. The molecule has 27 heavy (non-hydrogen) atoms. The van der Waals surface area contributed by atoms with E-state index in [0.717, 1.165) is 25.7 Å². The first kappa shape index (κ1) is 24.6. The molecule has 1 aliphatic rings. The number of carbonyl (C=O) groups excluding carboxylic acids is 1. The van der Waals surface area contributed by atoms with Crippen LogP contribution in [0.5, 0.6) is 0 Å². The van der Waals surface area contributed by atoms with Gasteiger partial charge >= 0.3 is 7.67 Å². The average molecular weight is 406 g/mol. The maximum absolute atomic E-state index is 13.6. The van der Waals surface area contributed by atoms with E-state index < -0.39 is 13.3 Å². The number of hydrogen-bond acceptors (Lipinski definition) is 4. The van der Waals surface area contributed by atoms with Crippen LogP contribution in [0.25, 0.3) is 0 Å². The van der Waals surface area contributed by atoms with Gasteiger partial charge in [-0.2, -0.15) is 0 Å². The lowest BCUT2D eigenvalue weighted by atomic mass is 10.1. The van der Waals surface area contributed by atoms with Crippen molar-refractivity contribution < 1.29 is 18.6 Å². The molecule has 0 radical (unpaired) electrons. The summed E-state index contributed by atoms with van der Waals surface area (Å²) in [6.07, 6.45) is 4.26. The molecule has 160 valence electrons. The summed E-state index contributed by atoms with van der Waals surface area (Å²) < 4.78 is 28.8. The van der Waals surface area contributed by atoms with Gasteiger partial charge in [0.15, 0.2) is 0 Å². The second kappa shape index (κ2) is 10.9. The minimum Gasteiger partial charge on any atom is -0.366 e. The van der Waals surface area contributed by atoms with Gasteiger partial charge in [0.2, 0.25) is 0 Å². The molecule has 2 unspecified atom stereocenters. The van der Waals surface area contributed by atoms with Gasteiger partial charge in [-0.15, -0.1) is 0 Å². The van der Waals surface area contributed by atoms with Crippen LogP contribution in [0.4, 0.5) is 0 Å². The predicted octanol–water partition coefficient (Wildman–Crippen LogP) is 3.60. The van der Waals surface area contributed by atoms with E-state index in [1.165, 1.54) is 0 Å². The van der Waals surface area contributed by atoms with Crippen LogP contribution < -0.4 is 0 Å². The number of unbranched alkanes of at least 4 members (excludes halogenated alkanes) is 2. The van der Waals surface area contributed by atoms with Crippen molar-refractivity contribution in [1.82, 2.24) is 14.2 Å². The van der Waals surface area contributed by atoms with Crippen LogP contribution >= 0.6 is 7.67 Å². The smallest absolute Gasteiger partial charge is 0.345 e. The summed E-state index contributed by atoms with van der Waals surface area (Å²) in [4.78, 5) is 14.5. The molecule has 0 saturated carbocycles. The van der Waals surface area contributed by atoms with Gasteiger partial charge in [0, 0.05) is 32.8 Å². The lowest BCUT2D eigenvalue weighted by Gasteiger charge is -2.42. The molecule has 0 N–H and O–H groups in total. The third kappa shape index (κ3) is 6.82. The Labute approximate surface area is 165 Å². The number of nitrogens with zero attached hydrogens (tertiary/aromatic N) is 3. The zero-order chi connectivity index (χ0) is 20.7. The normalized spacial score (nSPS) is 19.9. The molecule has 2 atom stereocenters. The van der Waals surface area contributed by atoms with Gasteiger partial charge in [-0.3, -0.25) is 9.36 Å². The summed E-state index contributed by atoms with van der Waals surface area (Å²) in [6, 6.07) is 0. The van der Waals surface area contributed by atoms with E-state index >= 15 is 0 Å². The van der Waals surface area contributed by atoms with Crippen LogP contribution in [0.3, 0.4) is 0 Å². The highest BCUT2D eigenvalue weighted by atomic mass is 31.2. The fourth-order valence-electron chi connectivity index (χ4n) is 3.34. The van der Waals surface area contributed by atoms with Gasteiger partial charge in [-0.1, -0.05) is 26.2 Å². The fraction of sp³-hybridized carbons (Fsp3) is 0.947. The molecule has 1 aliphatic heterocycles. The van der Waals surface area contributed by atoms with Crippen molar-refractivity contribution in [2.75, 3.05) is 46.9 Å². The van der Waals surface area contributed by atoms with Crippen molar-refractivity contribution in [2.24, 2.45) is 0 Å². The Kier molecular flexibility index (Phi) is 9.93. The maximum Gasteiger partial charge on any atom is 0.345 e. The third-order valence-electron chi connectivity index (χ3n) is 4.96. The number of piperazine rings is 1. The second-order valence-electron chi connectivity index (χ2n) is 7.94. The summed E-state index contributed by atoms with van der Waals surface area (Å²) in [7, 11) is 0.518. The van der Waals surface area contributed by atoms with E-state index in [4.69, 9.17) is 9.26 Å². The summed E-state index contributed by atoms with van der Waals surface area (Å²) in [6.45, 7) is 12.3. The average Bonchev–Trinajstić information content (AvgIpc) is 2.61. The molecule has 0 aromatic carbocycles. The first-order valence-electron chi connectivity index (χ1n) is 10.2. The Bertz CT molecular complexity index is 505. The van der Waals surface area contributed by atoms with Crippen molar-refractivity contribution in [3.8, 4) is 0 Å². The fourth-order valence-corrected chi connectivity index (χ4v) is 5.42. The van der Waals surface area contributed by atoms with Gasteiger partial charge in [-0.25, -0.2) is 9.34 Å². The summed E-state index contributed by atoms with van der Waals surface area (Å²) in [5.41, 5.74) is -0.827. The van der Waals surface area contributed by atoms with Crippen molar-refractivity contribution in [3.05, 3.63) is 0 Å². The molecule has 1 saturated heterocycles. The molecule has 1 fully saturated rings. The Morgan fingerprint density at radius 3 is 2.22 bits per heavy atom. The summed E-state index contributed by atoms with van der Waals surface area (Å²) in [5, 5.41) is 0. The van der Waals surface area contributed by atoms with Crippen LogP contribution in [-0.4, -0.2) is 78.7 Å². The van der Waals surface area contributed by atoms with E-state index in [-0.39, 0.29) is 12.0 Å². The topological polar surface area (TPSA) is 62.3 Å². The predicted molar refractivity (Wildman–Crippen MR) is 110 cm³/mol. The first-order valence-corrected chi connectivity index (χ1v) is 11.8. The zero-order valence-electron chi connectivity index (χ0n) is 18.4. The summed E-state index contributed by atoms with van der Waals surface area (Å²) in [5.74, 6) is -0.0162. The van der Waals surface area contributed by atoms with Gasteiger partial charge in [0.25, 0.3) is 5.91 Å². The summed E-state index contributed by atoms with van der Waals surface area (Å²) >= 11 is 0. The Hall–Kier alpha value is -0.460. The molecular formula is C19H40N3O4P. The van der Waals surface area contributed by atoms with E-state index in [0.29, 0.717) is 32.8 Å². The van der Waals surface area contributed by atoms with Crippen LogP contribution in [0.15, 0.2) is 0 Å². The van der Waals surface area contributed by atoms with E-state index in [2.05, 4.69) is 6.92 Å². The lowest BCUT2D eigenvalue weighted by molar-refractivity contribution is -0.155. The second-order valence-corrected chi connectivity index (χ2v) is 10.5. The molecule has 7 nitrogen and oxygen atoms in total. The molecule has 1 heterocycles. The van der Waals surface area contributed by atoms with Gasteiger partial charge in [-0.05, 0) is 48.2 Å². The molecule has 0 aromatic heterocycles. The monoisotopic (exact) mass is 405 g/mol. The molecule has 0 spiro atoms. The Balaban J connectivity index is 2.70. The van der Waals surface area contributed by atoms with Crippen LogP contribution in [0, 0.1) is 0 Å². The van der Waals surface area contributed by atoms with Crippen LogP contribution in [-0.2, 0) is 18.6 Å². The van der Waals surface area contributed by atoms with Gasteiger partial charge < -0.3 is 14.2 Å². The third-order valence-corrected chi connectivity index (χ3v) is 7.72. The maximum atomic E-state index is 13.6. The van der Waals surface area contributed by atoms with Crippen molar-refractivity contribution in [3.63, 3.8) is 0 Å². The molecule has 1 amide bonds. The van der Waals surface area contributed by atoms with E-state index in [1.54, 1.807) is 37.5 Å². The number of hydrogen-bond donors (Lipinski definition) is 0.